The molecule has 0 spiro atoms. The van der Waals surface area contributed by atoms with Gasteiger partial charge in [0.1, 0.15) is 5.82 Å². The number of nitrogen functional groups attached to an aromatic ring is 1. The molecule has 116 valence electrons. The highest BCUT2D eigenvalue weighted by atomic mass is 15.3. The summed E-state index contributed by atoms with van der Waals surface area (Å²) >= 11 is 0. The van der Waals surface area contributed by atoms with Crippen molar-refractivity contribution in [2.75, 3.05) is 43.4 Å². The van der Waals surface area contributed by atoms with Gasteiger partial charge in [-0.15, -0.1) is 0 Å². The average molecular weight is 289 g/mol. The summed E-state index contributed by atoms with van der Waals surface area (Å²) in [7, 11) is 0. The first-order valence-electron chi connectivity index (χ1n) is 7.92. The number of nitrogens with zero attached hydrogens (tertiary/aromatic N) is 4. The van der Waals surface area contributed by atoms with Crippen molar-refractivity contribution < 1.29 is 0 Å². The van der Waals surface area contributed by atoms with Crippen LogP contribution in [0.5, 0.6) is 0 Å². The zero-order valence-electron chi connectivity index (χ0n) is 13.3. The SMILES string of the molecule is CCC=CCCCN1CCN(c2ncc(C)c(N)n2)CC1. The smallest absolute Gasteiger partial charge is 0.227 e. The van der Waals surface area contributed by atoms with Crippen LogP contribution < -0.4 is 10.6 Å². The topological polar surface area (TPSA) is 58.3 Å². The molecule has 0 unspecified atom stereocenters. The molecule has 0 amide bonds. The molecule has 2 rings (SSSR count). The lowest BCUT2D eigenvalue weighted by molar-refractivity contribution is 0.254. The number of rotatable bonds is 6. The number of hydrogen-bond acceptors (Lipinski definition) is 5. The molecule has 2 heterocycles. The molecule has 0 aromatic carbocycles. The molecule has 1 saturated heterocycles. The number of aryl methyl sites for hydroxylation is 1. The molecule has 0 radical (unpaired) electrons. The second kappa shape index (κ2) is 7.98. The Labute approximate surface area is 127 Å². The van der Waals surface area contributed by atoms with Crippen LogP contribution in [0.25, 0.3) is 0 Å². The number of piperazine rings is 1. The van der Waals surface area contributed by atoms with Crippen molar-refractivity contribution in [2.45, 2.75) is 33.1 Å². The van der Waals surface area contributed by atoms with Crippen molar-refractivity contribution in [3.05, 3.63) is 23.9 Å². The Morgan fingerprint density at radius 3 is 2.67 bits per heavy atom. The monoisotopic (exact) mass is 289 g/mol. The van der Waals surface area contributed by atoms with Gasteiger partial charge in [-0.3, -0.25) is 4.90 Å². The van der Waals surface area contributed by atoms with Crippen LogP contribution in [0.1, 0.15) is 31.7 Å². The van der Waals surface area contributed by atoms with E-state index >= 15 is 0 Å². The Morgan fingerprint density at radius 1 is 1.24 bits per heavy atom. The summed E-state index contributed by atoms with van der Waals surface area (Å²) in [6, 6.07) is 0. The summed E-state index contributed by atoms with van der Waals surface area (Å²) in [5.74, 6) is 1.36. The van der Waals surface area contributed by atoms with E-state index in [4.69, 9.17) is 5.73 Å². The van der Waals surface area contributed by atoms with E-state index in [0.717, 1.165) is 44.1 Å². The van der Waals surface area contributed by atoms with Crippen molar-refractivity contribution in [1.82, 2.24) is 14.9 Å². The highest BCUT2D eigenvalue weighted by Crippen LogP contribution is 2.14. The first kappa shape index (κ1) is 15.8. The fourth-order valence-corrected chi connectivity index (χ4v) is 2.49. The molecule has 5 nitrogen and oxygen atoms in total. The van der Waals surface area contributed by atoms with Crippen molar-refractivity contribution in [1.29, 1.82) is 0 Å². The van der Waals surface area contributed by atoms with E-state index in [2.05, 4.69) is 38.8 Å². The summed E-state index contributed by atoms with van der Waals surface area (Å²) < 4.78 is 0. The fraction of sp³-hybridized carbons (Fsp3) is 0.625. The molecule has 21 heavy (non-hydrogen) atoms. The Bertz CT molecular complexity index is 464. The molecule has 0 atom stereocenters. The van der Waals surface area contributed by atoms with E-state index in [0.29, 0.717) is 5.82 Å². The number of anilines is 2. The predicted octanol–water partition coefficient (Wildman–Crippen LogP) is 2.24. The second-order valence-electron chi connectivity index (χ2n) is 5.59. The zero-order chi connectivity index (χ0) is 15.1. The third-order valence-electron chi connectivity index (χ3n) is 3.90. The van der Waals surface area contributed by atoms with Gasteiger partial charge in [0.15, 0.2) is 0 Å². The minimum Gasteiger partial charge on any atom is -0.383 e. The summed E-state index contributed by atoms with van der Waals surface area (Å²) in [4.78, 5) is 13.5. The molecular formula is C16H27N5. The van der Waals surface area contributed by atoms with Crippen LogP contribution in [0, 0.1) is 6.92 Å². The maximum Gasteiger partial charge on any atom is 0.227 e. The number of hydrogen-bond donors (Lipinski definition) is 1. The summed E-state index contributed by atoms with van der Waals surface area (Å²) in [5.41, 5.74) is 6.81. The van der Waals surface area contributed by atoms with Crippen molar-refractivity contribution in [3.63, 3.8) is 0 Å². The summed E-state index contributed by atoms with van der Waals surface area (Å²) in [6.45, 7) is 9.41. The van der Waals surface area contributed by atoms with Gasteiger partial charge in [0.2, 0.25) is 5.95 Å². The van der Waals surface area contributed by atoms with Crippen LogP contribution in [0.2, 0.25) is 0 Å². The van der Waals surface area contributed by atoms with Gasteiger partial charge in [0.05, 0.1) is 0 Å². The van der Waals surface area contributed by atoms with Gasteiger partial charge < -0.3 is 10.6 Å². The van der Waals surface area contributed by atoms with Crippen molar-refractivity contribution in [2.24, 2.45) is 0 Å². The predicted molar refractivity (Wildman–Crippen MR) is 88.5 cm³/mol. The van der Waals surface area contributed by atoms with Gasteiger partial charge in [0, 0.05) is 37.9 Å². The van der Waals surface area contributed by atoms with Crippen LogP contribution in [-0.2, 0) is 0 Å². The Hall–Kier alpha value is -1.62. The third kappa shape index (κ3) is 4.70. The third-order valence-corrected chi connectivity index (χ3v) is 3.90. The van der Waals surface area contributed by atoms with Gasteiger partial charge in [-0.1, -0.05) is 19.1 Å². The maximum atomic E-state index is 5.87. The van der Waals surface area contributed by atoms with Gasteiger partial charge in [-0.05, 0) is 32.7 Å². The zero-order valence-corrected chi connectivity index (χ0v) is 13.3. The second-order valence-corrected chi connectivity index (χ2v) is 5.59. The highest BCUT2D eigenvalue weighted by molar-refractivity contribution is 5.43. The van der Waals surface area contributed by atoms with E-state index in [1.807, 2.05) is 13.1 Å². The van der Waals surface area contributed by atoms with Crippen LogP contribution in [-0.4, -0.2) is 47.6 Å². The summed E-state index contributed by atoms with van der Waals surface area (Å²) in [5, 5.41) is 0. The molecule has 2 N–H and O–H groups in total. The van der Waals surface area contributed by atoms with E-state index in [9.17, 15) is 0 Å². The van der Waals surface area contributed by atoms with E-state index in [1.165, 1.54) is 19.4 Å². The molecule has 0 aliphatic carbocycles. The van der Waals surface area contributed by atoms with Gasteiger partial charge in [-0.25, -0.2) is 4.98 Å². The molecule has 1 fully saturated rings. The van der Waals surface area contributed by atoms with Crippen LogP contribution in [0.4, 0.5) is 11.8 Å². The molecule has 1 aliphatic rings. The lowest BCUT2D eigenvalue weighted by Crippen LogP contribution is -2.47. The van der Waals surface area contributed by atoms with Crippen molar-refractivity contribution >= 4 is 11.8 Å². The number of aromatic nitrogens is 2. The van der Waals surface area contributed by atoms with E-state index in [-0.39, 0.29) is 0 Å². The van der Waals surface area contributed by atoms with E-state index < -0.39 is 0 Å². The summed E-state index contributed by atoms with van der Waals surface area (Å²) in [6.07, 6.45) is 9.91. The molecule has 1 aliphatic heterocycles. The molecule has 1 aromatic rings. The maximum absolute atomic E-state index is 5.87. The fourth-order valence-electron chi connectivity index (χ4n) is 2.49. The lowest BCUT2D eigenvalue weighted by Gasteiger charge is -2.34. The van der Waals surface area contributed by atoms with Crippen LogP contribution >= 0.6 is 0 Å². The minimum atomic E-state index is 0.588. The molecule has 5 heteroatoms. The first-order valence-corrected chi connectivity index (χ1v) is 7.92. The van der Waals surface area contributed by atoms with Gasteiger partial charge in [-0.2, -0.15) is 4.98 Å². The highest BCUT2D eigenvalue weighted by Gasteiger charge is 2.18. The lowest BCUT2D eigenvalue weighted by atomic mass is 10.2. The van der Waals surface area contributed by atoms with Crippen LogP contribution in [0.3, 0.4) is 0 Å². The van der Waals surface area contributed by atoms with Gasteiger partial charge >= 0.3 is 0 Å². The first-order chi connectivity index (χ1) is 10.2. The molecule has 1 aromatic heterocycles. The quantitative estimate of drug-likeness (QED) is 0.643. The molecular weight excluding hydrogens is 262 g/mol. The Morgan fingerprint density at radius 2 is 2.00 bits per heavy atom. The number of nitrogens with two attached hydrogens (primary N) is 1. The number of allylic oxidation sites excluding steroid dienone is 2. The van der Waals surface area contributed by atoms with Crippen LogP contribution in [0.15, 0.2) is 18.3 Å². The van der Waals surface area contributed by atoms with E-state index in [1.54, 1.807) is 0 Å². The Kier molecular flexibility index (Phi) is 5.99. The van der Waals surface area contributed by atoms with Gasteiger partial charge in [0.25, 0.3) is 0 Å². The molecule has 0 saturated carbocycles. The minimum absolute atomic E-state index is 0.588. The van der Waals surface area contributed by atoms with Crippen molar-refractivity contribution in [3.8, 4) is 0 Å². The number of unbranched alkanes of at least 4 members (excludes halogenated alkanes) is 1. The normalized spacial score (nSPS) is 16.8. The largest absolute Gasteiger partial charge is 0.383 e. The standard InChI is InChI=1S/C16H27N5/c1-3-4-5-6-7-8-20-9-11-21(12-10-20)16-18-13-14(2)15(17)19-16/h4-5,13H,3,6-12H2,1-2H3,(H2,17,18,19). The molecule has 0 bridgehead atoms. The average Bonchev–Trinajstić information content (AvgIpc) is 2.50. The Balaban J connectivity index is 1.75.